The van der Waals surface area contributed by atoms with Crippen LogP contribution < -0.4 is 0 Å². The Morgan fingerprint density at radius 1 is 1.38 bits per heavy atom. The molecule has 0 aliphatic heterocycles. The maximum absolute atomic E-state index is 10.9. The fourth-order valence-electron chi connectivity index (χ4n) is 0.662. The van der Waals surface area contributed by atoms with Gasteiger partial charge in [-0.1, -0.05) is 5.98 Å². The van der Waals surface area contributed by atoms with Crippen molar-refractivity contribution in [3.05, 3.63) is 12.1 Å². The van der Waals surface area contributed by atoms with Crippen LogP contribution in [0.4, 0.5) is 0 Å². The Hall–Kier alpha value is -0.805. The Morgan fingerprint density at radius 2 is 1.94 bits per heavy atom. The molecule has 1 N–H and O–H groups in total. The van der Waals surface area contributed by atoms with Crippen LogP contribution in [-0.4, -0.2) is 36.4 Å². The lowest BCUT2D eigenvalue weighted by Crippen LogP contribution is -2.47. The van der Waals surface area contributed by atoms with Crippen LogP contribution in [0.3, 0.4) is 0 Å². The fraction of sp³-hybridized carbons (Fsp3) is 0.727. The van der Waals surface area contributed by atoms with Crippen molar-refractivity contribution < 1.29 is 19.3 Å². The molecule has 0 atom stereocenters. The van der Waals surface area contributed by atoms with E-state index in [4.69, 9.17) is 9.39 Å². The van der Waals surface area contributed by atoms with E-state index >= 15 is 0 Å². The number of rotatable bonds is 6. The van der Waals surface area contributed by atoms with Crippen LogP contribution in [0.25, 0.3) is 0 Å². The first-order chi connectivity index (χ1) is 7.20. The lowest BCUT2D eigenvalue weighted by Gasteiger charge is -2.37. The Kier molecular flexibility index (Phi) is 5.75. The highest BCUT2D eigenvalue weighted by atomic mass is 16.5. The van der Waals surface area contributed by atoms with E-state index in [0.29, 0.717) is 6.61 Å². The normalized spacial score (nSPS) is 12.9. The molecule has 1 radical (unpaired) electrons. The monoisotopic (exact) mass is 227 g/mol. The smallest absolute Gasteiger partial charge is 0.329 e. The van der Waals surface area contributed by atoms with Crippen molar-refractivity contribution in [2.45, 2.75) is 45.8 Å². The summed E-state index contributed by atoms with van der Waals surface area (Å²) in [5.41, 5.74) is -1.70. The summed E-state index contributed by atoms with van der Waals surface area (Å²) in [4.78, 5) is 10.9. The number of hydrogen-bond acceptors (Lipinski definition) is 4. The molecule has 0 unspecified atom stereocenters. The molecule has 0 bridgehead atoms. The van der Waals surface area contributed by atoms with E-state index in [0.717, 1.165) is 0 Å². The van der Waals surface area contributed by atoms with Crippen LogP contribution in [0.5, 0.6) is 0 Å². The molecule has 0 fully saturated rings. The summed E-state index contributed by atoms with van der Waals surface area (Å²) in [5, 5.41) is 9.78. The van der Waals surface area contributed by atoms with E-state index in [1.807, 2.05) is 0 Å². The molecule has 16 heavy (non-hydrogen) atoms. The number of aliphatic hydroxyl groups is 1. The highest BCUT2D eigenvalue weighted by molar-refractivity contribution is 6.35. The zero-order valence-corrected chi connectivity index (χ0v) is 10.6. The molecule has 0 aromatic carbocycles. The highest BCUT2D eigenvalue weighted by Gasteiger charge is 2.35. The number of ether oxygens (including phenoxy) is 1. The minimum Gasteiger partial charge on any atom is -0.463 e. The van der Waals surface area contributed by atoms with Crippen molar-refractivity contribution in [1.29, 1.82) is 0 Å². The second-order valence-corrected chi connectivity index (χ2v) is 4.43. The maximum atomic E-state index is 10.9. The number of hydrogen-bond donors (Lipinski definition) is 1. The van der Waals surface area contributed by atoms with Gasteiger partial charge in [0, 0.05) is 6.08 Å². The average Bonchev–Trinajstić information content (AvgIpc) is 2.11. The zero-order valence-electron chi connectivity index (χ0n) is 10.6. The second kappa shape index (κ2) is 6.06. The first-order valence-electron chi connectivity index (χ1n) is 5.27. The summed E-state index contributed by atoms with van der Waals surface area (Å²) in [6, 6.07) is 0. The van der Waals surface area contributed by atoms with Crippen LogP contribution in [-0.2, 0) is 14.2 Å². The zero-order chi connectivity index (χ0) is 12.8. The second-order valence-electron chi connectivity index (χ2n) is 4.43. The average molecular weight is 227 g/mol. The SMILES string of the molecule is CCOC(=O)C=C[B]OC(C)(C)C(C)(C)O. The van der Waals surface area contributed by atoms with Crippen LogP contribution in [0.15, 0.2) is 12.1 Å². The van der Waals surface area contributed by atoms with Gasteiger partial charge in [-0.3, -0.25) is 0 Å². The third kappa shape index (κ3) is 5.33. The Balaban J connectivity index is 4.03. The van der Waals surface area contributed by atoms with Gasteiger partial charge in [0.2, 0.25) is 0 Å². The molecular formula is C11H20BO4. The fourth-order valence-corrected chi connectivity index (χ4v) is 0.662. The molecule has 0 aromatic heterocycles. The lowest BCUT2D eigenvalue weighted by atomic mass is 9.86. The maximum Gasteiger partial charge on any atom is 0.329 e. The summed E-state index contributed by atoms with van der Waals surface area (Å²) < 4.78 is 10.0. The van der Waals surface area contributed by atoms with Gasteiger partial charge in [0.1, 0.15) is 0 Å². The van der Waals surface area contributed by atoms with E-state index in [-0.39, 0.29) is 0 Å². The third-order valence-electron chi connectivity index (χ3n) is 2.43. The molecule has 0 aliphatic carbocycles. The van der Waals surface area contributed by atoms with Crippen LogP contribution in [0.1, 0.15) is 34.6 Å². The van der Waals surface area contributed by atoms with Gasteiger partial charge in [-0.15, -0.1) is 0 Å². The number of esters is 1. The highest BCUT2D eigenvalue weighted by Crippen LogP contribution is 2.24. The van der Waals surface area contributed by atoms with Gasteiger partial charge in [-0.05, 0) is 34.6 Å². The lowest BCUT2D eigenvalue weighted by molar-refractivity contribution is -0.137. The van der Waals surface area contributed by atoms with Gasteiger partial charge in [-0.25, -0.2) is 4.79 Å². The van der Waals surface area contributed by atoms with Gasteiger partial charge < -0.3 is 14.5 Å². The van der Waals surface area contributed by atoms with E-state index in [1.165, 1.54) is 19.5 Å². The molecule has 0 saturated carbocycles. The Bertz CT molecular complexity index is 253. The summed E-state index contributed by atoms with van der Waals surface area (Å²) in [6.07, 6.45) is 1.27. The quantitative estimate of drug-likeness (QED) is 0.421. The van der Waals surface area contributed by atoms with Gasteiger partial charge in [0.15, 0.2) is 0 Å². The molecule has 5 heteroatoms. The van der Waals surface area contributed by atoms with Gasteiger partial charge in [-0.2, -0.15) is 0 Å². The molecule has 4 nitrogen and oxygen atoms in total. The van der Waals surface area contributed by atoms with E-state index in [2.05, 4.69) is 0 Å². The molecular weight excluding hydrogens is 207 g/mol. The van der Waals surface area contributed by atoms with Crippen molar-refractivity contribution in [2.75, 3.05) is 6.61 Å². The van der Waals surface area contributed by atoms with Crippen molar-refractivity contribution in [3.8, 4) is 0 Å². The molecule has 0 spiro atoms. The predicted molar refractivity (Wildman–Crippen MR) is 63.0 cm³/mol. The largest absolute Gasteiger partial charge is 0.463 e. The summed E-state index contributed by atoms with van der Waals surface area (Å²) in [7, 11) is 1.37. The van der Waals surface area contributed by atoms with Crippen LogP contribution in [0.2, 0.25) is 0 Å². The first-order valence-corrected chi connectivity index (χ1v) is 5.27. The van der Waals surface area contributed by atoms with Crippen LogP contribution >= 0.6 is 0 Å². The first kappa shape index (κ1) is 15.2. The molecule has 0 aliphatic rings. The van der Waals surface area contributed by atoms with E-state index in [1.54, 1.807) is 34.6 Å². The summed E-state index contributed by atoms with van der Waals surface area (Å²) in [5.74, 6) is 1.04. The molecule has 0 rings (SSSR count). The minimum absolute atomic E-state index is 0.346. The molecule has 0 heterocycles. The number of carbonyl (C=O) groups excluding carboxylic acids is 1. The van der Waals surface area contributed by atoms with Gasteiger partial charge in [0.05, 0.1) is 17.8 Å². The van der Waals surface area contributed by atoms with E-state index < -0.39 is 17.2 Å². The van der Waals surface area contributed by atoms with Crippen molar-refractivity contribution in [1.82, 2.24) is 0 Å². The minimum atomic E-state index is -0.971. The standard InChI is InChI=1S/C11H20BO4/c1-6-15-9(13)7-8-12-16-11(4,5)10(2,3)14/h7-8,14H,6H2,1-5H3. The summed E-state index contributed by atoms with van der Waals surface area (Å²) >= 11 is 0. The topological polar surface area (TPSA) is 55.8 Å². The van der Waals surface area contributed by atoms with Crippen molar-refractivity contribution >= 4 is 13.5 Å². The van der Waals surface area contributed by atoms with Gasteiger partial charge >= 0.3 is 13.5 Å². The number of carbonyl (C=O) groups is 1. The summed E-state index contributed by atoms with van der Waals surface area (Å²) in [6.45, 7) is 8.94. The third-order valence-corrected chi connectivity index (χ3v) is 2.43. The molecule has 0 saturated heterocycles. The molecule has 91 valence electrons. The molecule has 0 amide bonds. The Labute approximate surface area is 97.9 Å². The van der Waals surface area contributed by atoms with Crippen LogP contribution in [0, 0.1) is 0 Å². The van der Waals surface area contributed by atoms with Gasteiger partial charge in [0.25, 0.3) is 0 Å². The predicted octanol–water partition coefficient (Wildman–Crippen LogP) is 1.25. The van der Waals surface area contributed by atoms with Crippen molar-refractivity contribution in [3.63, 3.8) is 0 Å². The molecule has 0 aromatic rings. The Morgan fingerprint density at radius 3 is 2.38 bits per heavy atom. The van der Waals surface area contributed by atoms with E-state index in [9.17, 15) is 9.90 Å². The van der Waals surface area contributed by atoms with Crippen molar-refractivity contribution in [2.24, 2.45) is 0 Å².